The molecule has 48 heavy (non-hydrogen) atoms. The first-order valence-electron chi connectivity index (χ1n) is 16.9. The van der Waals surface area contributed by atoms with E-state index in [1.807, 2.05) is 20.8 Å². The van der Waals surface area contributed by atoms with E-state index in [1.54, 1.807) is 18.7 Å². The van der Waals surface area contributed by atoms with Gasteiger partial charge in [-0.15, -0.1) is 0 Å². The van der Waals surface area contributed by atoms with Gasteiger partial charge in [-0.3, -0.25) is 18.8 Å². The Morgan fingerprint density at radius 3 is 2.25 bits per heavy atom. The number of aliphatic hydroxyl groups excluding tert-OH is 1. The zero-order valence-corrected chi connectivity index (χ0v) is 30.6. The van der Waals surface area contributed by atoms with Crippen molar-refractivity contribution < 1.29 is 38.4 Å². The number of Topliss-reactive ketones (excluding diaryl/α,β-unsaturated/α-hetero) is 1. The van der Waals surface area contributed by atoms with Crippen molar-refractivity contribution >= 4 is 22.7 Å². The van der Waals surface area contributed by atoms with Gasteiger partial charge in [0, 0.05) is 20.6 Å². The maximum atomic E-state index is 12.4. The van der Waals surface area contributed by atoms with Gasteiger partial charge < -0.3 is 25.0 Å². The highest BCUT2D eigenvalue weighted by atomic mass is 19.4. The quantitative estimate of drug-likeness (QED) is 0.154. The maximum absolute atomic E-state index is 12.4. The van der Waals surface area contributed by atoms with Crippen LogP contribution in [-0.4, -0.2) is 77.7 Å². The number of benzene rings is 1. The molecule has 280 valence electrons. The Hall–Kier alpha value is -3.06. The summed E-state index contributed by atoms with van der Waals surface area (Å²) in [6.45, 7) is 17.6. The topological polar surface area (TPSA) is 125 Å². The van der Waals surface area contributed by atoms with Gasteiger partial charge in [0.1, 0.15) is 5.75 Å². The highest BCUT2D eigenvalue weighted by Crippen LogP contribution is 2.27. The van der Waals surface area contributed by atoms with Crippen molar-refractivity contribution in [3.8, 4) is 5.75 Å². The number of alkyl halides is 4. The molecule has 1 aliphatic rings. The van der Waals surface area contributed by atoms with Crippen LogP contribution in [0, 0.1) is 11.8 Å². The lowest BCUT2D eigenvalue weighted by atomic mass is 9.97. The molecule has 1 fully saturated rings. The zero-order chi connectivity index (χ0) is 37.4. The third-order valence-corrected chi connectivity index (χ3v) is 7.84. The second kappa shape index (κ2) is 25.9. The number of nitrogens with one attached hydrogen (secondary N) is 2. The molecule has 1 aromatic heterocycles. The van der Waals surface area contributed by atoms with Crippen molar-refractivity contribution in [2.75, 3.05) is 34.0 Å². The van der Waals surface area contributed by atoms with Crippen LogP contribution in [0.3, 0.4) is 0 Å². The fourth-order valence-corrected chi connectivity index (χ4v) is 5.12. The van der Waals surface area contributed by atoms with Crippen molar-refractivity contribution in [2.45, 2.75) is 119 Å². The molecule has 1 amide bonds. The summed E-state index contributed by atoms with van der Waals surface area (Å²) < 4.78 is 51.6. The number of unbranched alkanes of at least 4 members (excludes halogenated alkanes) is 1. The summed E-state index contributed by atoms with van der Waals surface area (Å²) in [5.74, 6) is 1.73. The number of fused-ring (bicyclic) bond motifs is 1. The number of ether oxygens (including phenoxy) is 1. The van der Waals surface area contributed by atoms with Gasteiger partial charge in [-0.25, -0.2) is 4.98 Å². The van der Waals surface area contributed by atoms with E-state index in [1.165, 1.54) is 57.4 Å². The first-order valence-corrected chi connectivity index (χ1v) is 16.9. The van der Waals surface area contributed by atoms with E-state index < -0.39 is 17.4 Å². The minimum absolute atomic E-state index is 0. The number of halogens is 4. The molecular formula is C35H62F4N4O5. The molecule has 3 rings (SSSR count). The van der Waals surface area contributed by atoms with Crippen LogP contribution < -0.4 is 15.6 Å². The van der Waals surface area contributed by atoms with E-state index in [9.17, 15) is 31.9 Å². The lowest BCUT2D eigenvalue weighted by Gasteiger charge is -2.27. The van der Waals surface area contributed by atoms with Crippen LogP contribution >= 0.6 is 0 Å². The Labute approximate surface area is 285 Å². The summed E-state index contributed by atoms with van der Waals surface area (Å²) in [5, 5.41) is 11.8. The molecule has 0 bridgehead atoms. The molecular weight excluding hydrogens is 632 g/mol. The van der Waals surface area contributed by atoms with Crippen molar-refractivity contribution in [3.63, 3.8) is 0 Å². The van der Waals surface area contributed by atoms with E-state index in [-0.39, 0.29) is 48.8 Å². The van der Waals surface area contributed by atoms with Gasteiger partial charge in [0.15, 0.2) is 5.78 Å². The second-order valence-corrected chi connectivity index (χ2v) is 11.2. The van der Waals surface area contributed by atoms with Crippen molar-refractivity contribution in [1.29, 1.82) is 0 Å². The smallest absolute Gasteiger partial charge is 0.438 e. The second-order valence-electron chi connectivity index (χ2n) is 11.2. The average Bonchev–Trinajstić information content (AvgIpc) is 3.47. The summed E-state index contributed by atoms with van der Waals surface area (Å²) in [7, 11) is 1.91. The molecule has 1 saturated heterocycles. The first kappa shape index (κ1) is 47.1. The summed E-state index contributed by atoms with van der Waals surface area (Å²) in [6.07, 6.45) is 3.73. The zero-order valence-electron chi connectivity index (χ0n) is 30.6. The van der Waals surface area contributed by atoms with Gasteiger partial charge in [-0.1, -0.05) is 73.6 Å². The number of aliphatic hydroxyl groups is 1. The standard InChI is InChI=1S/C13H24N2O3.C10H7F3N2O2.C9H20.C2H6.CH3F.H2/c1-9-5-7-15(12(9)11(3)17)13(18)10(2)14-6-4-8-16;1-17-5-2-3-6-7(4-5)15-9(16)8(14-6)10(11,12)13;1-4-7-8-9(5-2)6-3;2*1-2;/h9-10,12,14,16H,4-8H2,1-3H3;2-4H,1H3,(H,15,16);9H,4-8H2,1-3H3;1-2H3;1H3;1H/t9-,10?,12+;;;;;/m1...../s1. The minimum Gasteiger partial charge on any atom is -0.497 e. The van der Waals surface area contributed by atoms with Crippen LogP contribution in [-0.2, 0) is 15.8 Å². The molecule has 0 aliphatic carbocycles. The van der Waals surface area contributed by atoms with Crippen LogP contribution in [0.1, 0.15) is 107 Å². The molecule has 2 aromatic rings. The van der Waals surface area contributed by atoms with Crippen molar-refractivity contribution in [3.05, 3.63) is 34.2 Å². The summed E-state index contributed by atoms with van der Waals surface area (Å²) >= 11 is 0. The number of amides is 1. The number of carbonyl (C=O) groups excluding carboxylic acids is 2. The van der Waals surface area contributed by atoms with Crippen LogP contribution in [0.15, 0.2) is 23.0 Å². The lowest BCUT2D eigenvalue weighted by molar-refractivity contribution is -0.142. The number of methoxy groups -OCH3 is 1. The Bertz CT molecular complexity index is 1230. The maximum Gasteiger partial charge on any atom is 0.438 e. The van der Waals surface area contributed by atoms with E-state index in [0.717, 1.165) is 12.3 Å². The Balaban J connectivity index is -0.000000637. The number of hydrogen-bond donors (Lipinski definition) is 3. The molecule has 0 spiro atoms. The van der Waals surface area contributed by atoms with Gasteiger partial charge >= 0.3 is 6.18 Å². The Morgan fingerprint density at radius 1 is 1.17 bits per heavy atom. The molecule has 0 radical (unpaired) electrons. The largest absolute Gasteiger partial charge is 0.497 e. The third-order valence-electron chi connectivity index (χ3n) is 7.84. The van der Waals surface area contributed by atoms with Crippen LogP contribution in [0.25, 0.3) is 11.0 Å². The molecule has 3 atom stereocenters. The van der Waals surface area contributed by atoms with E-state index >= 15 is 0 Å². The van der Waals surface area contributed by atoms with Gasteiger partial charge in [0.25, 0.3) is 5.56 Å². The summed E-state index contributed by atoms with van der Waals surface area (Å²) in [5.41, 5.74) is -2.46. The average molecular weight is 695 g/mol. The minimum atomic E-state index is -4.76. The molecule has 1 unspecified atom stereocenters. The number of aromatic amines is 1. The number of carbonyl (C=O) groups is 2. The van der Waals surface area contributed by atoms with Crippen LogP contribution in [0.5, 0.6) is 5.75 Å². The number of ketones is 1. The molecule has 2 heterocycles. The molecule has 1 aromatic carbocycles. The van der Waals surface area contributed by atoms with E-state index in [2.05, 4.69) is 36.1 Å². The number of hydrogen-bond acceptors (Lipinski definition) is 7. The van der Waals surface area contributed by atoms with Crippen LogP contribution in [0.4, 0.5) is 17.6 Å². The molecule has 1 aliphatic heterocycles. The van der Waals surface area contributed by atoms with Crippen molar-refractivity contribution in [1.82, 2.24) is 20.2 Å². The van der Waals surface area contributed by atoms with Gasteiger partial charge in [0.2, 0.25) is 11.6 Å². The number of rotatable bonds is 12. The van der Waals surface area contributed by atoms with Gasteiger partial charge in [0.05, 0.1) is 37.4 Å². The third kappa shape index (κ3) is 16.4. The van der Waals surface area contributed by atoms with Crippen molar-refractivity contribution in [2.24, 2.45) is 11.8 Å². The van der Waals surface area contributed by atoms with E-state index in [0.29, 0.717) is 32.4 Å². The predicted molar refractivity (Wildman–Crippen MR) is 187 cm³/mol. The number of likely N-dealkylation sites (tertiary alicyclic amines) is 1. The molecule has 0 saturated carbocycles. The molecule has 13 heteroatoms. The fourth-order valence-electron chi connectivity index (χ4n) is 5.12. The summed E-state index contributed by atoms with van der Waals surface area (Å²) in [4.78, 5) is 42.2. The Kier molecular flexibility index (Phi) is 25.4. The van der Waals surface area contributed by atoms with Gasteiger partial charge in [-0.2, -0.15) is 13.2 Å². The SMILES string of the molecule is CC.CC(=O)[C@@H]1[C@H](C)CCN1C(=O)C(C)NCCCO.CCCCC(CC)CC.CF.COc1ccc2nc(C(F)(F)F)c(=O)[nH]c2c1.[HH]. The molecule has 9 nitrogen and oxygen atoms in total. The predicted octanol–water partition coefficient (Wildman–Crippen LogP) is 7.59. The highest BCUT2D eigenvalue weighted by Gasteiger charge is 2.38. The van der Waals surface area contributed by atoms with Gasteiger partial charge in [-0.05, 0) is 57.2 Å². The lowest BCUT2D eigenvalue weighted by Crippen LogP contribution is -2.50. The molecule has 3 N–H and O–H groups in total. The summed E-state index contributed by atoms with van der Waals surface area (Å²) in [6, 6.07) is 3.65. The number of aromatic nitrogens is 2. The number of H-pyrrole nitrogens is 1. The van der Waals surface area contributed by atoms with Crippen LogP contribution in [0.2, 0.25) is 0 Å². The first-order chi connectivity index (χ1) is 22.7. The normalized spacial score (nSPS) is 15.9. The highest BCUT2D eigenvalue weighted by molar-refractivity contribution is 5.90. The Morgan fingerprint density at radius 2 is 1.77 bits per heavy atom. The fraction of sp³-hybridized carbons (Fsp3) is 0.714. The number of nitrogens with zero attached hydrogens (tertiary/aromatic N) is 2. The monoisotopic (exact) mass is 694 g/mol. The van der Waals surface area contributed by atoms with E-state index in [4.69, 9.17) is 9.84 Å².